The SMILES string of the molecule is CC(C)(C)c1nc2ccc(CCN)cc2[nH]1. The third-order valence-corrected chi connectivity index (χ3v) is 2.69. The molecule has 3 nitrogen and oxygen atoms in total. The topological polar surface area (TPSA) is 54.7 Å². The van der Waals surface area contributed by atoms with E-state index in [0.29, 0.717) is 6.54 Å². The maximum atomic E-state index is 5.55. The highest BCUT2D eigenvalue weighted by Gasteiger charge is 2.17. The zero-order valence-electron chi connectivity index (χ0n) is 10.2. The quantitative estimate of drug-likeness (QED) is 0.811. The van der Waals surface area contributed by atoms with Crippen LogP contribution in [0.4, 0.5) is 0 Å². The number of nitrogens with two attached hydrogens (primary N) is 1. The smallest absolute Gasteiger partial charge is 0.112 e. The van der Waals surface area contributed by atoms with Gasteiger partial charge in [0, 0.05) is 5.41 Å². The molecule has 0 bridgehead atoms. The summed E-state index contributed by atoms with van der Waals surface area (Å²) >= 11 is 0. The highest BCUT2D eigenvalue weighted by Crippen LogP contribution is 2.22. The second-order valence-electron chi connectivity index (χ2n) is 5.23. The molecule has 0 radical (unpaired) electrons. The molecule has 0 amide bonds. The zero-order valence-corrected chi connectivity index (χ0v) is 10.2. The molecule has 0 fully saturated rings. The number of aromatic amines is 1. The van der Waals surface area contributed by atoms with Crippen LogP contribution in [0, 0.1) is 0 Å². The van der Waals surface area contributed by atoms with Crippen LogP contribution in [0.15, 0.2) is 18.2 Å². The monoisotopic (exact) mass is 217 g/mol. The van der Waals surface area contributed by atoms with Gasteiger partial charge in [0.15, 0.2) is 0 Å². The lowest BCUT2D eigenvalue weighted by Crippen LogP contribution is -2.12. The van der Waals surface area contributed by atoms with Gasteiger partial charge in [-0.1, -0.05) is 26.8 Å². The number of hydrogen-bond donors (Lipinski definition) is 2. The van der Waals surface area contributed by atoms with Gasteiger partial charge in [-0.25, -0.2) is 4.98 Å². The molecule has 86 valence electrons. The molecule has 1 aromatic heterocycles. The van der Waals surface area contributed by atoms with E-state index in [1.165, 1.54) is 5.56 Å². The first-order valence-electron chi connectivity index (χ1n) is 5.70. The van der Waals surface area contributed by atoms with Crippen LogP contribution in [0.5, 0.6) is 0 Å². The number of nitrogens with zero attached hydrogens (tertiary/aromatic N) is 1. The molecular formula is C13H19N3. The van der Waals surface area contributed by atoms with Crippen molar-refractivity contribution < 1.29 is 0 Å². The van der Waals surface area contributed by atoms with Crippen molar-refractivity contribution in [1.29, 1.82) is 0 Å². The number of imidazole rings is 1. The number of H-pyrrole nitrogens is 1. The van der Waals surface area contributed by atoms with Gasteiger partial charge in [-0.15, -0.1) is 0 Å². The lowest BCUT2D eigenvalue weighted by Gasteiger charge is -2.13. The van der Waals surface area contributed by atoms with E-state index in [1.807, 2.05) is 0 Å². The van der Waals surface area contributed by atoms with E-state index in [0.717, 1.165) is 23.3 Å². The zero-order chi connectivity index (χ0) is 11.8. The minimum atomic E-state index is 0.0626. The fraction of sp³-hybridized carbons (Fsp3) is 0.462. The van der Waals surface area contributed by atoms with E-state index >= 15 is 0 Å². The molecule has 3 heteroatoms. The van der Waals surface area contributed by atoms with Crippen LogP contribution >= 0.6 is 0 Å². The van der Waals surface area contributed by atoms with E-state index in [4.69, 9.17) is 5.73 Å². The van der Waals surface area contributed by atoms with Crippen molar-refractivity contribution in [2.45, 2.75) is 32.6 Å². The summed E-state index contributed by atoms with van der Waals surface area (Å²) in [5, 5.41) is 0. The van der Waals surface area contributed by atoms with Gasteiger partial charge in [-0.05, 0) is 30.7 Å². The second-order valence-corrected chi connectivity index (χ2v) is 5.23. The van der Waals surface area contributed by atoms with Crippen molar-refractivity contribution in [2.24, 2.45) is 5.73 Å². The third-order valence-electron chi connectivity index (χ3n) is 2.69. The molecule has 0 aliphatic carbocycles. The average molecular weight is 217 g/mol. The highest BCUT2D eigenvalue weighted by atomic mass is 14.9. The highest BCUT2D eigenvalue weighted by molar-refractivity contribution is 5.76. The van der Waals surface area contributed by atoms with E-state index in [-0.39, 0.29) is 5.41 Å². The average Bonchev–Trinajstić information content (AvgIpc) is 2.60. The summed E-state index contributed by atoms with van der Waals surface area (Å²) in [6.07, 6.45) is 0.916. The lowest BCUT2D eigenvalue weighted by atomic mass is 9.96. The molecule has 0 spiro atoms. The van der Waals surface area contributed by atoms with Crippen LogP contribution in [-0.4, -0.2) is 16.5 Å². The molecule has 3 N–H and O–H groups in total. The Balaban J connectivity index is 2.46. The summed E-state index contributed by atoms with van der Waals surface area (Å²) in [6.45, 7) is 7.16. The molecule has 2 aromatic rings. The Morgan fingerprint density at radius 2 is 2.06 bits per heavy atom. The third kappa shape index (κ3) is 2.09. The van der Waals surface area contributed by atoms with Gasteiger partial charge in [0.05, 0.1) is 11.0 Å². The number of nitrogens with one attached hydrogen (secondary N) is 1. The number of aromatic nitrogens is 2. The molecule has 0 aliphatic rings. The van der Waals surface area contributed by atoms with Gasteiger partial charge in [-0.2, -0.15) is 0 Å². The van der Waals surface area contributed by atoms with Crippen molar-refractivity contribution in [3.05, 3.63) is 29.6 Å². The van der Waals surface area contributed by atoms with Crippen molar-refractivity contribution in [3.8, 4) is 0 Å². The summed E-state index contributed by atoms with van der Waals surface area (Å²) < 4.78 is 0. The van der Waals surface area contributed by atoms with Gasteiger partial charge >= 0.3 is 0 Å². The number of hydrogen-bond acceptors (Lipinski definition) is 2. The predicted octanol–water partition coefficient (Wildman–Crippen LogP) is 2.36. The predicted molar refractivity (Wildman–Crippen MR) is 67.6 cm³/mol. The van der Waals surface area contributed by atoms with E-state index in [2.05, 4.69) is 48.9 Å². The van der Waals surface area contributed by atoms with Gasteiger partial charge < -0.3 is 10.7 Å². The lowest BCUT2D eigenvalue weighted by molar-refractivity contribution is 0.554. The minimum absolute atomic E-state index is 0.0626. The van der Waals surface area contributed by atoms with Crippen molar-refractivity contribution >= 4 is 11.0 Å². The fourth-order valence-corrected chi connectivity index (χ4v) is 1.73. The normalized spacial score (nSPS) is 12.2. The second kappa shape index (κ2) is 3.91. The van der Waals surface area contributed by atoms with Gasteiger partial charge in [0.1, 0.15) is 5.82 Å². The first-order valence-corrected chi connectivity index (χ1v) is 5.70. The van der Waals surface area contributed by atoms with E-state index in [1.54, 1.807) is 0 Å². The Bertz CT molecular complexity index is 491. The largest absolute Gasteiger partial charge is 0.342 e. The Morgan fingerprint density at radius 3 is 2.69 bits per heavy atom. The van der Waals surface area contributed by atoms with E-state index < -0.39 is 0 Å². The first-order chi connectivity index (χ1) is 7.50. The van der Waals surface area contributed by atoms with Gasteiger partial charge in [-0.3, -0.25) is 0 Å². The van der Waals surface area contributed by atoms with Crippen molar-refractivity contribution in [1.82, 2.24) is 9.97 Å². The molecule has 0 aliphatic heterocycles. The summed E-state index contributed by atoms with van der Waals surface area (Å²) in [6, 6.07) is 6.30. The van der Waals surface area contributed by atoms with Crippen molar-refractivity contribution in [2.75, 3.05) is 6.54 Å². The maximum absolute atomic E-state index is 5.55. The van der Waals surface area contributed by atoms with E-state index in [9.17, 15) is 0 Å². The molecule has 0 saturated heterocycles. The Hall–Kier alpha value is -1.35. The Labute approximate surface area is 96.1 Å². The Morgan fingerprint density at radius 1 is 1.31 bits per heavy atom. The molecule has 1 heterocycles. The first kappa shape index (κ1) is 11.1. The molecule has 0 unspecified atom stereocenters. The number of rotatable bonds is 2. The molecule has 1 aromatic carbocycles. The van der Waals surface area contributed by atoms with Crippen LogP contribution in [0.1, 0.15) is 32.2 Å². The molecule has 0 saturated carbocycles. The summed E-state index contributed by atoms with van der Waals surface area (Å²) in [7, 11) is 0. The van der Waals surface area contributed by atoms with Crippen molar-refractivity contribution in [3.63, 3.8) is 0 Å². The summed E-state index contributed by atoms with van der Waals surface area (Å²) in [4.78, 5) is 7.98. The summed E-state index contributed by atoms with van der Waals surface area (Å²) in [5.41, 5.74) is 9.02. The number of fused-ring (bicyclic) bond motifs is 1. The van der Waals surface area contributed by atoms with Crippen LogP contribution in [0.3, 0.4) is 0 Å². The van der Waals surface area contributed by atoms with Crippen LogP contribution in [0.2, 0.25) is 0 Å². The molecule has 2 rings (SSSR count). The van der Waals surface area contributed by atoms with Gasteiger partial charge in [0.2, 0.25) is 0 Å². The maximum Gasteiger partial charge on any atom is 0.112 e. The molecule has 16 heavy (non-hydrogen) atoms. The van der Waals surface area contributed by atoms with Crippen LogP contribution in [0.25, 0.3) is 11.0 Å². The Kier molecular flexibility index (Phi) is 2.72. The fourth-order valence-electron chi connectivity index (χ4n) is 1.73. The number of benzene rings is 1. The van der Waals surface area contributed by atoms with Gasteiger partial charge in [0.25, 0.3) is 0 Å². The standard InChI is InChI=1S/C13H19N3/c1-13(2,3)12-15-10-5-4-9(6-7-14)8-11(10)16-12/h4-5,8H,6-7,14H2,1-3H3,(H,15,16). The van der Waals surface area contributed by atoms with Crippen LogP contribution in [-0.2, 0) is 11.8 Å². The minimum Gasteiger partial charge on any atom is -0.342 e. The van der Waals surface area contributed by atoms with Crippen LogP contribution < -0.4 is 5.73 Å². The molecule has 0 atom stereocenters. The summed E-state index contributed by atoms with van der Waals surface area (Å²) in [5.74, 6) is 1.03. The molecular weight excluding hydrogens is 198 g/mol.